The number of aromatic nitrogens is 1. The first-order valence-corrected chi connectivity index (χ1v) is 7.56. The van der Waals surface area contributed by atoms with Gasteiger partial charge >= 0.3 is 0 Å². The fourth-order valence-corrected chi connectivity index (χ4v) is 2.53. The molecule has 0 saturated heterocycles. The van der Waals surface area contributed by atoms with Gasteiger partial charge in [-0.3, -0.25) is 4.99 Å². The van der Waals surface area contributed by atoms with Crippen molar-refractivity contribution in [2.45, 2.75) is 6.92 Å². The third kappa shape index (κ3) is 2.72. The standard InChI is InChI=1S/C17H15BrN2O2/c1-10-7-11(3-5-15(10)18)19-9-14-13-8-12(22-2)4-6-16(13)20-17(14)21/h3-9,20-21H,1-2H3. The Kier molecular flexibility index (Phi) is 3.90. The SMILES string of the molecule is COc1ccc2[nH]c(O)c(C=Nc3ccc(Br)c(C)c3)c2c1. The van der Waals surface area contributed by atoms with E-state index >= 15 is 0 Å². The summed E-state index contributed by atoms with van der Waals surface area (Å²) in [5.41, 5.74) is 3.43. The summed E-state index contributed by atoms with van der Waals surface area (Å²) in [5.74, 6) is 0.835. The molecule has 0 fully saturated rings. The van der Waals surface area contributed by atoms with Crippen LogP contribution in [0.25, 0.3) is 10.9 Å². The molecule has 0 amide bonds. The number of nitrogens with zero attached hydrogens (tertiary/aromatic N) is 1. The average Bonchev–Trinajstić information content (AvgIpc) is 2.83. The molecule has 0 saturated carbocycles. The Morgan fingerprint density at radius 1 is 1.23 bits per heavy atom. The number of hydrogen-bond acceptors (Lipinski definition) is 3. The van der Waals surface area contributed by atoms with E-state index in [-0.39, 0.29) is 5.88 Å². The molecular formula is C17H15BrN2O2. The number of nitrogens with one attached hydrogen (secondary N) is 1. The van der Waals surface area contributed by atoms with E-state index in [1.807, 2.05) is 43.3 Å². The molecule has 22 heavy (non-hydrogen) atoms. The highest BCUT2D eigenvalue weighted by atomic mass is 79.9. The first-order valence-electron chi connectivity index (χ1n) is 6.77. The quantitative estimate of drug-likeness (QED) is 0.666. The van der Waals surface area contributed by atoms with E-state index in [0.29, 0.717) is 5.56 Å². The van der Waals surface area contributed by atoms with E-state index in [4.69, 9.17) is 4.74 Å². The summed E-state index contributed by atoms with van der Waals surface area (Å²) < 4.78 is 6.28. The van der Waals surface area contributed by atoms with Crippen LogP contribution in [0.2, 0.25) is 0 Å². The van der Waals surface area contributed by atoms with E-state index in [2.05, 4.69) is 25.9 Å². The Morgan fingerprint density at radius 2 is 2.05 bits per heavy atom. The first kappa shape index (κ1) is 14.7. The van der Waals surface area contributed by atoms with Crippen LogP contribution < -0.4 is 4.74 Å². The summed E-state index contributed by atoms with van der Waals surface area (Å²) in [6, 6.07) is 11.4. The predicted octanol–water partition coefficient (Wildman–Crippen LogP) is 4.70. The smallest absolute Gasteiger partial charge is 0.198 e. The molecule has 4 nitrogen and oxygen atoms in total. The van der Waals surface area contributed by atoms with Gasteiger partial charge in [0.2, 0.25) is 0 Å². The minimum atomic E-state index is 0.0980. The number of benzene rings is 2. The number of aliphatic imine (C=N–C) groups is 1. The van der Waals surface area contributed by atoms with E-state index < -0.39 is 0 Å². The Hall–Kier alpha value is -2.27. The Morgan fingerprint density at radius 3 is 2.77 bits per heavy atom. The van der Waals surface area contributed by atoms with Crippen LogP contribution in [0.1, 0.15) is 11.1 Å². The molecule has 2 aromatic carbocycles. The third-order valence-corrected chi connectivity index (χ3v) is 4.40. The predicted molar refractivity (Wildman–Crippen MR) is 92.6 cm³/mol. The summed E-state index contributed by atoms with van der Waals surface area (Å²) in [7, 11) is 1.62. The Balaban J connectivity index is 2.03. The molecule has 0 unspecified atom stereocenters. The van der Waals surface area contributed by atoms with Crippen molar-refractivity contribution in [3.63, 3.8) is 0 Å². The number of ether oxygens (including phenoxy) is 1. The summed E-state index contributed by atoms with van der Waals surface area (Å²) in [6.07, 6.45) is 1.66. The maximum absolute atomic E-state index is 10.1. The zero-order valence-electron chi connectivity index (χ0n) is 12.2. The molecule has 0 aliphatic heterocycles. The molecule has 112 valence electrons. The summed E-state index contributed by atoms with van der Waals surface area (Å²) in [5, 5.41) is 10.9. The fraction of sp³-hybridized carbons (Fsp3) is 0.118. The van der Waals surface area contributed by atoms with Crippen LogP contribution in [0, 0.1) is 6.92 Å². The number of halogens is 1. The van der Waals surface area contributed by atoms with Gasteiger partial charge in [-0.1, -0.05) is 15.9 Å². The molecule has 3 rings (SSSR count). The van der Waals surface area contributed by atoms with Gasteiger partial charge < -0.3 is 14.8 Å². The highest BCUT2D eigenvalue weighted by Gasteiger charge is 2.09. The van der Waals surface area contributed by atoms with E-state index in [0.717, 1.165) is 32.4 Å². The lowest BCUT2D eigenvalue weighted by molar-refractivity contribution is 0.415. The summed E-state index contributed by atoms with van der Waals surface area (Å²) in [6.45, 7) is 2.01. The number of aromatic amines is 1. The Bertz CT molecular complexity index is 868. The normalized spacial score (nSPS) is 11.4. The molecule has 0 bridgehead atoms. The fourth-order valence-electron chi connectivity index (χ4n) is 2.28. The Labute approximate surface area is 136 Å². The van der Waals surface area contributed by atoms with Crippen molar-refractivity contribution in [1.82, 2.24) is 4.98 Å². The number of rotatable bonds is 3. The number of H-pyrrole nitrogens is 1. The zero-order chi connectivity index (χ0) is 15.7. The molecule has 5 heteroatoms. The summed E-state index contributed by atoms with van der Waals surface area (Å²) >= 11 is 3.47. The van der Waals surface area contributed by atoms with Crippen molar-refractivity contribution in [2.75, 3.05) is 7.11 Å². The lowest BCUT2D eigenvalue weighted by Crippen LogP contribution is -1.83. The molecule has 0 atom stereocenters. The summed E-state index contributed by atoms with van der Waals surface area (Å²) in [4.78, 5) is 7.39. The molecular weight excluding hydrogens is 344 g/mol. The third-order valence-electron chi connectivity index (χ3n) is 3.51. The average molecular weight is 359 g/mol. The van der Waals surface area contributed by atoms with Gasteiger partial charge in [0.15, 0.2) is 5.88 Å². The van der Waals surface area contributed by atoms with Gasteiger partial charge in [-0.15, -0.1) is 0 Å². The van der Waals surface area contributed by atoms with Crippen LogP contribution >= 0.6 is 15.9 Å². The van der Waals surface area contributed by atoms with Gasteiger partial charge in [0.25, 0.3) is 0 Å². The van der Waals surface area contributed by atoms with Crippen molar-refractivity contribution in [3.8, 4) is 11.6 Å². The molecule has 2 N–H and O–H groups in total. The van der Waals surface area contributed by atoms with Crippen LogP contribution in [-0.4, -0.2) is 23.4 Å². The molecule has 0 aliphatic rings. The minimum Gasteiger partial charge on any atom is -0.497 e. The van der Waals surface area contributed by atoms with Gasteiger partial charge in [-0.05, 0) is 48.9 Å². The number of aromatic hydroxyl groups is 1. The second-order valence-corrected chi connectivity index (χ2v) is 5.84. The van der Waals surface area contributed by atoms with E-state index in [1.165, 1.54) is 0 Å². The largest absolute Gasteiger partial charge is 0.497 e. The zero-order valence-corrected chi connectivity index (χ0v) is 13.8. The molecule has 1 aromatic heterocycles. The van der Waals surface area contributed by atoms with Gasteiger partial charge in [0.05, 0.1) is 18.4 Å². The molecule has 0 radical (unpaired) electrons. The highest BCUT2D eigenvalue weighted by molar-refractivity contribution is 9.10. The topological polar surface area (TPSA) is 57.6 Å². The lowest BCUT2D eigenvalue weighted by atomic mass is 10.1. The maximum atomic E-state index is 10.1. The van der Waals surface area contributed by atoms with Gasteiger partial charge in [-0.2, -0.15) is 0 Å². The molecule has 3 aromatic rings. The monoisotopic (exact) mass is 358 g/mol. The highest BCUT2D eigenvalue weighted by Crippen LogP contribution is 2.29. The number of fused-ring (bicyclic) bond motifs is 1. The van der Waals surface area contributed by atoms with Crippen LogP contribution in [0.4, 0.5) is 5.69 Å². The van der Waals surface area contributed by atoms with Crippen molar-refractivity contribution in [1.29, 1.82) is 0 Å². The van der Waals surface area contributed by atoms with Gasteiger partial charge in [-0.25, -0.2) is 0 Å². The van der Waals surface area contributed by atoms with Gasteiger partial charge in [0, 0.05) is 21.6 Å². The van der Waals surface area contributed by atoms with Crippen LogP contribution in [0.3, 0.4) is 0 Å². The van der Waals surface area contributed by atoms with Crippen molar-refractivity contribution in [2.24, 2.45) is 4.99 Å². The maximum Gasteiger partial charge on any atom is 0.198 e. The van der Waals surface area contributed by atoms with Crippen LogP contribution in [0.15, 0.2) is 45.9 Å². The second kappa shape index (κ2) is 5.85. The second-order valence-electron chi connectivity index (χ2n) is 4.99. The van der Waals surface area contributed by atoms with Crippen LogP contribution in [0.5, 0.6) is 11.6 Å². The van der Waals surface area contributed by atoms with Crippen molar-refractivity contribution >= 4 is 38.7 Å². The van der Waals surface area contributed by atoms with E-state index in [1.54, 1.807) is 13.3 Å². The van der Waals surface area contributed by atoms with Gasteiger partial charge in [0.1, 0.15) is 5.75 Å². The first-order chi connectivity index (χ1) is 10.6. The number of aryl methyl sites for hydroxylation is 1. The molecule has 0 spiro atoms. The molecule has 1 heterocycles. The van der Waals surface area contributed by atoms with Crippen molar-refractivity contribution < 1.29 is 9.84 Å². The van der Waals surface area contributed by atoms with Crippen molar-refractivity contribution in [3.05, 3.63) is 52.0 Å². The molecule has 0 aliphatic carbocycles. The van der Waals surface area contributed by atoms with Crippen LogP contribution in [-0.2, 0) is 0 Å². The minimum absolute atomic E-state index is 0.0980. The number of methoxy groups -OCH3 is 1. The number of hydrogen-bond donors (Lipinski definition) is 2. The van der Waals surface area contributed by atoms with E-state index in [9.17, 15) is 5.11 Å². The lowest BCUT2D eigenvalue weighted by Gasteiger charge is -2.00.